The number of benzene rings is 1. The van der Waals surface area contributed by atoms with E-state index in [1.807, 2.05) is 13.8 Å². The highest BCUT2D eigenvalue weighted by atomic mass is 35.5. The lowest BCUT2D eigenvalue weighted by Crippen LogP contribution is -2.29. The molecule has 1 rings (SSSR count). The standard InChI is InChI=1S/C11H14ClNO2.ClH/c1-7(2)13-11(14)8-4-5-10(15-3)9(12)6-8;/h4-7H,1-3H3,(H,13,14);1H. The van der Waals surface area contributed by atoms with E-state index in [-0.39, 0.29) is 24.4 Å². The largest absolute Gasteiger partial charge is 0.495 e. The SMILES string of the molecule is COc1ccc(C(=O)NC(C)C)cc1Cl.Cl. The van der Waals surface area contributed by atoms with Crippen molar-refractivity contribution in [2.75, 3.05) is 7.11 Å². The van der Waals surface area contributed by atoms with Crippen molar-refractivity contribution >= 4 is 29.9 Å². The van der Waals surface area contributed by atoms with Crippen LogP contribution in [0.25, 0.3) is 0 Å². The third-order valence-electron chi connectivity index (χ3n) is 1.83. The topological polar surface area (TPSA) is 38.3 Å². The molecule has 0 radical (unpaired) electrons. The summed E-state index contributed by atoms with van der Waals surface area (Å²) in [5, 5.41) is 3.22. The first-order chi connectivity index (χ1) is 7.04. The van der Waals surface area contributed by atoms with Gasteiger partial charge in [0.2, 0.25) is 0 Å². The van der Waals surface area contributed by atoms with Gasteiger partial charge in [-0.1, -0.05) is 11.6 Å². The van der Waals surface area contributed by atoms with Crippen molar-refractivity contribution in [3.05, 3.63) is 28.8 Å². The molecule has 0 fully saturated rings. The van der Waals surface area contributed by atoms with Gasteiger partial charge in [-0.2, -0.15) is 0 Å². The summed E-state index contributed by atoms with van der Waals surface area (Å²) in [4.78, 5) is 11.6. The molecule has 1 amide bonds. The second-order valence-electron chi connectivity index (χ2n) is 3.48. The lowest BCUT2D eigenvalue weighted by molar-refractivity contribution is 0.0943. The van der Waals surface area contributed by atoms with Crippen LogP contribution in [-0.2, 0) is 0 Å². The van der Waals surface area contributed by atoms with E-state index in [2.05, 4.69) is 5.32 Å². The van der Waals surface area contributed by atoms with Crippen molar-refractivity contribution in [2.24, 2.45) is 0 Å². The van der Waals surface area contributed by atoms with Crippen molar-refractivity contribution in [3.63, 3.8) is 0 Å². The highest BCUT2D eigenvalue weighted by Gasteiger charge is 2.09. The van der Waals surface area contributed by atoms with Crippen molar-refractivity contribution in [3.8, 4) is 5.75 Å². The number of halogens is 2. The zero-order valence-electron chi connectivity index (χ0n) is 9.41. The predicted octanol–water partition coefficient (Wildman–Crippen LogP) is 2.91. The van der Waals surface area contributed by atoms with Crippen LogP contribution in [0.5, 0.6) is 5.75 Å². The maximum Gasteiger partial charge on any atom is 0.251 e. The summed E-state index contributed by atoms with van der Waals surface area (Å²) in [5.41, 5.74) is 0.537. The maximum absolute atomic E-state index is 11.6. The molecule has 5 heteroatoms. The summed E-state index contributed by atoms with van der Waals surface area (Å²) in [6.07, 6.45) is 0. The molecule has 0 aliphatic carbocycles. The molecule has 0 aromatic heterocycles. The fourth-order valence-electron chi connectivity index (χ4n) is 1.15. The number of ether oxygens (including phenoxy) is 1. The van der Waals surface area contributed by atoms with Crippen molar-refractivity contribution in [1.29, 1.82) is 0 Å². The minimum absolute atomic E-state index is 0. The van der Waals surface area contributed by atoms with E-state index in [9.17, 15) is 4.79 Å². The molecule has 1 aromatic rings. The molecule has 0 bridgehead atoms. The zero-order chi connectivity index (χ0) is 11.4. The molecule has 90 valence electrons. The number of amides is 1. The lowest BCUT2D eigenvalue weighted by Gasteiger charge is -2.09. The van der Waals surface area contributed by atoms with E-state index in [0.29, 0.717) is 16.3 Å². The van der Waals surface area contributed by atoms with Gasteiger partial charge < -0.3 is 10.1 Å². The monoisotopic (exact) mass is 263 g/mol. The summed E-state index contributed by atoms with van der Waals surface area (Å²) < 4.78 is 5.00. The molecule has 3 nitrogen and oxygen atoms in total. The molecule has 1 aromatic carbocycles. The highest BCUT2D eigenvalue weighted by molar-refractivity contribution is 6.32. The molecule has 0 atom stereocenters. The maximum atomic E-state index is 11.6. The number of nitrogens with one attached hydrogen (secondary N) is 1. The second kappa shape index (κ2) is 6.61. The van der Waals surface area contributed by atoms with E-state index in [1.165, 1.54) is 7.11 Å². The van der Waals surface area contributed by atoms with Crippen LogP contribution < -0.4 is 10.1 Å². The van der Waals surface area contributed by atoms with E-state index < -0.39 is 0 Å². The summed E-state index contributed by atoms with van der Waals surface area (Å²) >= 11 is 5.91. The normalized spacial score (nSPS) is 9.56. The fourth-order valence-corrected chi connectivity index (χ4v) is 1.41. The summed E-state index contributed by atoms with van der Waals surface area (Å²) in [7, 11) is 1.54. The zero-order valence-corrected chi connectivity index (χ0v) is 11.0. The van der Waals surface area contributed by atoms with Crippen LogP contribution in [0, 0.1) is 0 Å². The van der Waals surface area contributed by atoms with E-state index >= 15 is 0 Å². The Labute approximate surface area is 107 Å². The quantitative estimate of drug-likeness (QED) is 0.911. The van der Waals surface area contributed by atoms with Gasteiger partial charge in [0.05, 0.1) is 12.1 Å². The Hall–Kier alpha value is -0.930. The molecule has 0 unspecified atom stereocenters. The molecule has 0 saturated heterocycles. The molecule has 1 N–H and O–H groups in total. The molecule has 0 heterocycles. The first kappa shape index (κ1) is 15.1. The summed E-state index contributed by atoms with van der Waals surface area (Å²) in [6, 6.07) is 5.07. The van der Waals surface area contributed by atoms with Gasteiger partial charge in [0.15, 0.2) is 0 Å². The molecule has 0 aliphatic heterocycles. The second-order valence-corrected chi connectivity index (χ2v) is 3.88. The molecular weight excluding hydrogens is 249 g/mol. The first-order valence-electron chi connectivity index (χ1n) is 4.69. The Kier molecular flexibility index (Phi) is 6.22. The van der Waals surface area contributed by atoms with Gasteiger partial charge in [-0.15, -0.1) is 12.4 Å². The van der Waals surface area contributed by atoms with Crippen LogP contribution >= 0.6 is 24.0 Å². The minimum Gasteiger partial charge on any atom is -0.495 e. The Balaban J connectivity index is 0.00000225. The molecule has 16 heavy (non-hydrogen) atoms. The van der Waals surface area contributed by atoms with Crippen LogP contribution in [0.3, 0.4) is 0 Å². The average molecular weight is 264 g/mol. The molecule has 0 spiro atoms. The average Bonchev–Trinajstić information content (AvgIpc) is 2.16. The first-order valence-corrected chi connectivity index (χ1v) is 5.06. The van der Waals surface area contributed by atoms with Gasteiger partial charge >= 0.3 is 0 Å². The van der Waals surface area contributed by atoms with Gasteiger partial charge in [-0.05, 0) is 32.0 Å². The fraction of sp³-hybridized carbons (Fsp3) is 0.364. The number of hydrogen-bond acceptors (Lipinski definition) is 2. The van der Waals surface area contributed by atoms with Gasteiger partial charge in [-0.25, -0.2) is 0 Å². The number of methoxy groups -OCH3 is 1. The van der Waals surface area contributed by atoms with Crippen molar-refractivity contribution in [1.82, 2.24) is 5.32 Å². The van der Waals surface area contributed by atoms with Crippen LogP contribution in [0.2, 0.25) is 5.02 Å². The third kappa shape index (κ3) is 3.91. The van der Waals surface area contributed by atoms with Gasteiger partial charge in [-0.3, -0.25) is 4.79 Å². The Morgan fingerprint density at radius 1 is 1.44 bits per heavy atom. The van der Waals surface area contributed by atoms with Gasteiger partial charge in [0.25, 0.3) is 5.91 Å². The highest BCUT2D eigenvalue weighted by Crippen LogP contribution is 2.24. The number of carbonyl (C=O) groups is 1. The lowest BCUT2D eigenvalue weighted by atomic mass is 10.2. The molecule has 0 aliphatic rings. The Bertz CT molecular complexity index is 367. The number of carbonyl (C=O) groups excluding carboxylic acids is 1. The number of rotatable bonds is 3. The van der Waals surface area contributed by atoms with Gasteiger partial charge in [0.1, 0.15) is 5.75 Å². The van der Waals surface area contributed by atoms with Crippen LogP contribution in [0.1, 0.15) is 24.2 Å². The summed E-state index contributed by atoms with van der Waals surface area (Å²) in [5.74, 6) is 0.437. The van der Waals surface area contributed by atoms with Crippen LogP contribution in [0.15, 0.2) is 18.2 Å². The van der Waals surface area contributed by atoms with Gasteiger partial charge in [0, 0.05) is 11.6 Å². The Morgan fingerprint density at radius 2 is 2.06 bits per heavy atom. The van der Waals surface area contributed by atoms with Crippen LogP contribution in [0.4, 0.5) is 0 Å². The van der Waals surface area contributed by atoms with E-state index in [1.54, 1.807) is 18.2 Å². The summed E-state index contributed by atoms with van der Waals surface area (Å²) in [6.45, 7) is 3.81. The van der Waals surface area contributed by atoms with E-state index in [0.717, 1.165) is 0 Å². The Morgan fingerprint density at radius 3 is 2.50 bits per heavy atom. The predicted molar refractivity (Wildman–Crippen MR) is 67.9 cm³/mol. The van der Waals surface area contributed by atoms with Crippen LogP contribution in [-0.4, -0.2) is 19.1 Å². The minimum atomic E-state index is -0.130. The molecule has 0 saturated carbocycles. The third-order valence-corrected chi connectivity index (χ3v) is 2.13. The smallest absolute Gasteiger partial charge is 0.251 e. The number of hydrogen-bond donors (Lipinski definition) is 1. The van der Waals surface area contributed by atoms with Crippen molar-refractivity contribution in [2.45, 2.75) is 19.9 Å². The van der Waals surface area contributed by atoms with Crippen molar-refractivity contribution < 1.29 is 9.53 Å². The van der Waals surface area contributed by atoms with E-state index in [4.69, 9.17) is 16.3 Å². The molecular formula is C11H15Cl2NO2.